The molecule has 1 aromatic heterocycles. The lowest BCUT2D eigenvalue weighted by Gasteiger charge is -2.17. The Morgan fingerprint density at radius 3 is 2.04 bits per heavy atom. The Labute approximate surface area is 148 Å². The molecule has 2 rings (SSSR count). The van der Waals surface area contributed by atoms with Gasteiger partial charge in [-0.15, -0.1) is 0 Å². The average Bonchev–Trinajstić information content (AvgIpc) is 2.59. The summed E-state index contributed by atoms with van der Waals surface area (Å²) in [6, 6.07) is 1.31. The van der Waals surface area contributed by atoms with Gasteiger partial charge < -0.3 is 5.32 Å². The lowest BCUT2D eigenvalue weighted by molar-refractivity contribution is -0.143. The monoisotopic (exact) mass is 388 g/mol. The molecule has 0 spiro atoms. The summed E-state index contributed by atoms with van der Waals surface area (Å²) in [6.07, 6.45) is -7.69. The number of nitriles is 1. The van der Waals surface area contributed by atoms with Crippen molar-refractivity contribution in [3.8, 4) is 6.07 Å². The summed E-state index contributed by atoms with van der Waals surface area (Å²) in [7, 11) is 0. The van der Waals surface area contributed by atoms with Gasteiger partial charge in [0.15, 0.2) is 5.69 Å². The molecule has 1 heterocycles. The van der Waals surface area contributed by atoms with Gasteiger partial charge in [-0.2, -0.15) is 31.6 Å². The van der Waals surface area contributed by atoms with Crippen LogP contribution in [-0.4, -0.2) is 15.9 Å². The molecule has 0 bridgehead atoms. The highest BCUT2D eigenvalue weighted by Gasteiger charge is 2.37. The van der Waals surface area contributed by atoms with Crippen LogP contribution < -0.4 is 5.32 Å². The molecular formula is C16H10F6N4O. The minimum Gasteiger partial charge on any atom is -0.344 e. The first kappa shape index (κ1) is 20.2. The minimum absolute atomic E-state index is 0.0244. The number of rotatable bonds is 3. The third kappa shape index (κ3) is 4.72. The summed E-state index contributed by atoms with van der Waals surface area (Å²) >= 11 is 0. The molecule has 142 valence electrons. The van der Waals surface area contributed by atoms with Crippen molar-refractivity contribution in [2.75, 3.05) is 0 Å². The fourth-order valence-corrected chi connectivity index (χ4v) is 2.19. The molecule has 5 nitrogen and oxygen atoms in total. The Kier molecular flexibility index (Phi) is 5.39. The van der Waals surface area contributed by atoms with Crippen LogP contribution in [-0.2, 0) is 12.4 Å². The highest BCUT2D eigenvalue weighted by Crippen LogP contribution is 2.36. The number of alkyl halides is 6. The van der Waals surface area contributed by atoms with Crippen molar-refractivity contribution < 1.29 is 31.1 Å². The first-order chi connectivity index (χ1) is 12.4. The van der Waals surface area contributed by atoms with E-state index in [-0.39, 0.29) is 17.5 Å². The smallest absolute Gasteiger partial charge is 0.344 e. The number of nitrogens with zero attached hydrogens (tertiary/aromatic N) is 3. The van der Waals surface area contributed by atoms with Crippen LogP contribution in [0.25, 0.3) is 0 Å². The Balaban J connectivity index is 2.39. The molecule has 27 heavy (non-hydrogen) atoms. The van der Waals surface area contributed by atoms with Crippen molar-refractivity contribution in [2.45, 2.75) is 25.3 Å². The molecule has 1 amide bonds. The number of amides is 1. The van der Waals surface area contributed by atoms with Gasteiger partial charge >= 0.3 is 12.4 Å². The molecule has 0 saturated heterocycles. The van der Waals surface area contributed by atoms with Gasteiger partial charge in [0.25, 0.3) is 5.91 Å². The van der Waals surface area contributed by atoms with Crippen LogP contribution in [0.1, 0.15) is 45.8 Å². The van der Waals surface area contributed by atoms with Crippen molar-refractivity contribution in [2.24, 2.45) is 0 Å². The topological polar surface area (TPSA) is 78.7 Å². The highest BCUT2D eigenvalue weighted by atomic mass is 19.4. The van der Waals surface area contributed by atoms with Crippen molar-refractivity contribution in [1.29, 1.82) is 5.26 Å². The molecule has 1 aromatic carbocycles. The third-order valence-electron chi connectivity index (χ3n) is 3.44. The molecule has 2 aromatic rings. The van der Waals surface area contributed by atoms with Crippen molar-refractivity contribution in [3.63, 3.8) is 0 Å². The molecular weight excluding hydrogens is 378 g/mol. The van der Waals surface area contributed by atoms with E-state index in [0.717, 1.165) is 0 Å². The molecule has 0 saturated carbocycles. The molecule has 0 fully saturated rings. The molecule has 0 aliphatic carbocycles. The van der Waals surface area contributed by atoms with Gasteiger partial charge in [-0.1, -0.05) is 0 Å². The van der Waals surface area contributed by atoms with Gasteiger partial charge in [0.1, 0.15) is 6.07 Å². The highest BCUT2D eigenvalue weighted by molar-refractivity contribution is 5.95. The first-order valence-corrected chi connectivity index (χ1v) is 7.25. The SMILES string of the molecule is CC(NC(=O)c1cc(C(F)(F)F)cc(C(F)(F)F)c1)c1nccnc1C#N. The summed E-state index contributed by atoms with van der Waals surface area (Å²) in [5.74, 6) is -1.19. The molecule has 1 unspecified atom stereocenters. The number of halogens is 6. The number of aromatic nitrogens is 2. The second-order valence-corrected chi connectivity index (χ2v) is 5.39. The van der Waals surface area contributed by atoms with E-state index in [4.69, 9.17) is 5.26 Å². The summed E-state index contributed by atoms with van der Waals surface area (Å²) in [4.78, 5) is 19.8. The Hall–Kier alpha value is -3.16. The van der Waals surface area contributed by atoms with E-state index in [0.29, 0.717) is 12.1 Å². The number of hydrogen-bond acceptors (Lipinski definition) is 4. The number of carbonyl (C=O) groups excluding carboxylic acids is 1. The summed E-state index contributed by atoms with van der Waals surface area (Å²) in [5, 5.41) is 11.2. The van der Waals surface area contributed by atoms with Crippen LogP contribution in [0.5, 0.6) is 0 Å². The van der Waals surface area contributed by atoms with E-state index in [1.54, 1.807) is 6.07 Å². The van der Waals surface area contributed by atoms with E-state index in [1.807, 2.05) is 0 Å². The lowest BCUT2D eigenvalue weighted by Crippen LogP contribution is -2.28. The van der Waals surface area contributed by atoms with Crippen LogP contribution >= 0.6 is 0 Å². The van der Waals surface area contributed by atoms with Crippen molar-refractivity contribution in [3.05, 3.63) is 58.7 Å². The Morgan fingerprint density at radius 1 is 1.04 bits per heavy atom. The number of nitrogens with one attached hydrogen (secondary N) is 1. The second-order valence-electron chi connectivity index (χ2n) is 5.39. The normalized spacial score (nSPS) is 13.0. The Morgan fingerprint density at radius 2 is 1.56 bits per heavy atom. The molecule has 11 heteroatoms. The first-order valence-electron chi connectivity index (χ1n) is 7.25. The van der Waals surface area contributed by atoms with Gasteiger partial charge in [0, 0.05) is 18.0 Å². The molecule has 1 N–H and O–H groups in total. The van der Waals surface area contributed by atoms with Gasteiger partial charge in [-0.05, 0) is 25.1 Å². The molecule has 0 radical (unpaired) electrons. The quantitative estimate of drug-likeness (QED) is 0.810. The Bertz CT molecular complexity index is 869. The van der Waals surface area contributed by atoms with Crippen LogP contribution in [0.2, 0.25) is 0 Å². The van der Waals surface area contributed by atoms with E-state index in [1.165, 1.54) is 19.3 Å². The third-order valence-corrected chi connectivity index (χ3v) is 3.44. The van der Waals surface area contributed by atoms with E-state index >= 15 is 0 Å². The zero-order valence-corrected chi connectivity index (χ0v) is 13.5. The van der Waals surface area contributed by atoms with Crippen LogP contribution in [0.4, 0.5) is 26.3 Å². The zero-order chi connectivity index (χ0) is 20.4. The van der Waals surface area contributed by atoms with Crippen molar-refractivity contribution in [1.82, 2.24) is 15.3 Å². The van der Waals surface area contributed by atoms with Gasteiger partial charge in [0.2, 0.25) is 0 Å². The number of hydrogen-bond donors (Lipinski definition) is 1. The van der Waals surface area contributed by atoms with Gasteiger partial charge in [-0.3, -0.25) is 9.78 Å². The van der Waals surface area contributed by atoms with Crippen LogP contribution in [0, 0.1) is 11.3 Å². The maximum atomic E-state index is 12.9. The zero-order valence-electron chi connectivity index (χ0n) is 13.5. The summed E-state index contributed by atoms with van der Waals surface area (Å²) in [6.45, 7) is 1.36. The molecule has 1 atom stereocenters. The largest absolute Gasteiger partial charge is 0.416 e. The summed E-state index contributed by atoms with van der Waals surface area (Å²) < 4.78 is 77.2. The molecule has 0 aliphatic heterocycles. The van der Waals surface area contributed by atoms with Crippen LogP contribution in [0.3, 0.4) is 0 Å². The second kappa shape index (κ2) is 7.22. The minimum atomic E-state index is -5.07. The predicted octanol–water partition coefficient (Wildman–Crippen LogP) is 3.88. The van der Waals surface area contributed by atoms with Gasteiger partial charge in [0.05, 0.1) is 22.9 Å². The van der Waals surface area contributed by atoms with Gasteiger partial charge in [-0.25, -0.2) is 4.98 Å². The van der Waals surface area contributed by atoms with E-state index in [2.05, 4.69) is 15.3 Å². The van der Waals surface area contributed by atoms with Crippen LogP contribution in [0.15, 0.2) is 30.6 Å². The van der Waals surface area contributed by atoms with E-state index < -0.39 is 41.0 Å². The average molecular weight is 388 g/mol. The maximum absolute atomic E-state index is 12.9. The predicted molar refractivity (Wildman–Crippen MR) is 79.1 cm³/mol. The maximum Gasteiger partial charge on any atom is 0.416 e. The fraction of sp³-hybridized carbons (Fsp3) is 0.250. The van der Waals surface area contributed by atoms with Crippen molar-refractivity contribution >= 4 is 5.91 Å². The standard InChI is InChI=1S/C16H10F6N4O/c1-8(13-12(7-23)24-2-3-25-13)26-14(27)9-4-10(15(17,18)19)6-11(5-9)16(20,21)22/h2-6,8H,1H3,(H,26,27). The molecule has 0 aliphatic rings. The lowest BCUT2D eigenvalue weighted by atomic mass is 10.0. The fourth-order valence-electron chi connectivity index (χ4n) is 2.19. The number of benzene rings is 1. The van der Waals surface area contributed by atoms with E-state index in [9.17, 15) is 31.1 Å². The summed E-state index contributed by atoms with van der Waals surface area (Å²) in [5.41, 5.74) is -4.15. The number of carbonyl (C=O) groups is 1.